The topological polar surface area (TPSA) is 48.5 Å². The lowest BCUT2D eigenvalue weighted by atomic mass is 10.0. The Morgan fingerprint density at radius 1 is 1.14 bits per heavy atom. The van der Waals surface area contributed by atoms with Crippen LogP contribution in [-0.2, 0) is 11.2 Å². The number of nitrogens with zero attached hydrogens (tertiary/aromatic N) is 3. The maximum absolute atomic E-state index is 12.4. The summed E-state index contributed by atoms with van der Waals surface area (Å²) in [5.74, 6) is 0.140. The van der Waals surface area contributed by atoms with Crippen molar-refractivity contribution in [1.82, 2.24) is 15.2 Å². The van der Waals surface area contributed by atoms with E-state index in [9.17, 15) is 4.79 Å². The Kier molecular flexibility index (Phi) is 8.05. The normalized spacial score (nSPS) is 15.7. The average molecular weight is 395 g/mol. The van der Waals surface area contributed by atoms with Crippen LogP contribution in [0.5, 0.6) is 0 Å². The second-order valence-electron chi connectivity index (χ2n) is 8.12. The number of carbonyl (C=O) groups excluding carboxylic acids is 1. The number of amides is 1. The number of nitrogens with one attached hydrogen (secondary N) is 1. The fourth-order valence-electron chi connectivity index (χ4n) is 3.98. The molecule has 5 heteroatoms. The second kappa shape index (κ2) is 11.0. The number of benzene rings is 1. The molecule has 156 valence electrons. The van der Waals surface area contributed by atoms with Crippen LogP contribution in [0.25, 0.3) is 0 Å². The van der Waals surface area contributed by atoms with Crippen molar-refractivity contribution in [3.63, 3.8) is 0 Å². The van der Waals surface area contributed by atoms with Crippen molar-refractivity contribution in [3.8, 4) is 0 Å². The van der Waals surface area contributed by atoms with Crippen LogP contribution in [-0.4, -0.2) is 49.5 Å². The molecule has 1 fully saturated rings. The summed E-state index contributed by atoms with van der Waals surface area (Å²) in [6.45, 7) is 2.89. The molecule has 1 aromatic carbocycles. The van der Waals surface area contributed by atoms with Gasteiger partial charge in [-0.1, -0.05) is 24.6 Å². The Balaban J connectivity index is 1.55. The smallest absolute Gasteiger partial charge is 0.220 e. The molecule has 0 bridgehead atoms. The molecule has 1 aliphatic heterocycles. The summed E-state index contributed by atoms with van der Waals surface area (Å²) in [4.78, 5) is 21.2. The van der Waals surface area contributed by atoms with E-state index in [-0.39, 0.29) is 11.9 Å². The maximum Gasteiger partial charge on any atom is 0.220 e. The molecule has 2 heterocycles. The van der Waals surface area contributed by atoms with Crippen LogP contribution in [0.3, 0.4) is 0 Å². The number of piperidine rings is 1. The number of carbonyl (C=O) groups is 1. The van der Waals surface area contributed by atoms with Crippen LogP contribution in [0.1, 0.15) is 49.3 Å². The van der Waals surface area contributed by atoms with Crippen LogP contribution in [0, 0.1) is 0 Å². The molecule has 5 nitrogen and oxygen atoms in total. The number of likely N-dealkylation sites (tertiary alicyclic amines) is 1. The van der Waals surface area contributed by atoms with Gasteiger partial charge in [-0.15, -0.1) is 0 Å². The number of aromatic nitrogens is 1. The van der Waals surface area contributed by atoms with E-state index in [0.717, 1.165) is 25.9 Å². The van der Waals surface area contributed by atoms with Gasteiger partial charge in [-0.3, -0.25) is 14.7 Å². The largest absolute Gasteiger partial charge is 0.378 e. The van der Waals surface area contributed by atoms with Crippen molar-refractivity contribution < 1.29 is 4.79 Å². The van der Waals surface area contributed by atoms with E-state index >= 15 is 0 Å². The van der Waals surface area contributed by atoms with E-state index in [2.05, 4.69) is 64.5 Å². The molecule has 1 aliphatic rings. The monoisotopic (exact) mass is 394 g/mol. The highest BCUT2D eigenvalue weighted by molar-refractivity contribution is 5.75. The third-order valence-corrected chi connectivity index (χ3v) is 5.71. The zero-order valence-corrected chi connectivity index (χ0v) is 17.8. The van der Waals surface area contributed by atoms with Gasteiger partial charge in [0, 0.05) is 45.1 Å². The molecule has 3 rings (SSSR count). The third kappa shape index (κ3) is 6.57. The highest BCUT2D eigenvalue weighted by Crippen LogP contribution is 2.26. The average Bonchev–Trinajstić information content (AvgIpc) is 2.76. The fourth-order valence-corrected chi connectivity index (χ4v) is 3.98. The van der Waals surface area contributed by atoms with E-state index in [1.807, 2.05) is 12.3 Å². The van der Waals surface area contributed by atoms with Gasteiger partial charge in [-0.2, -0.15) is 0 Å². The van der Waals surface area contributed by atoms with Crippen molar-refractivity contribution in [2.75, 3.05) is 38.6 Å². The predicted octanol–water partition coefficient (Wildman–Crippen LogP) is 3.81. The lowest BCUT2D eigenvalue weighted by molar-refractivity contribution is -0.121. The van der Waals surface area contributed by atoms with Gasteiger partial charge in [0.25, 0.3) is 0 Å². The lowest BCUT2D eigenvalue weighted by Gasteiger charge is -2.35. The quantitative estimate of drug-likeness (QED) is 0.703. The van der Waals surface area contributed by atoms with Crippen molar-refractivity contribution in [3.05, 3.63) is 59.9 Å². The van der Waals surface area contributed by atoms with Crippen LogP contribution in [0.15, 0.2) is 48.8 Å². The Bertz CT molecular complexity index is 739. The number of hydrogen-bond acceptors (Lipinski definition) is 4. The molecular weight excluding hydrogens is 360 g/mol. The van der Waals surface area contributed by atoms with Crippen LogP contribution >= 0.6 is 0 Å². The first-order valence-corrected chi connectivity index (χ1v) is 10.8. The summed E-state index contributed by atoms with van der Waals surface area (Å²) >= 11 is 0. The molecular formula is C24H34N4O. The first-order valence-electron chi connectivity index (χ1n) is 10.8. The van der Waals surface area contributed by atoms with Gasteiger partial charge in [-0.05, 0) is 68.1 Å². The van der Waals surface area contributed by atoms with E-state index in [1.165, 1.54) is 36.1 Å². The summed E-state index contributed by atoms with van der Waals surface area (Å²) in [6.07, 6.45) is 9.75. The molecule has 2 aromatic rings. The van der Waals surface area contributed by atoms with E-state index < -0.39 is 0 Å². The fraction of sp³-hybridized carbons (Fsp3) is 0.500. The Hall–Kier alpha value is -2.40. The van der Waals surface area contributed by atoms with Crippen molar-refractivity contribution >= 4 is 11.6 Å². The molecule has 1 unspecified atom stereocenters. The highest BCUT2D eigenvalue weighted by atomic mass is 16.1. The number of anilines is 1. The van der Waals surface area contributed by atoms with Crippen molar-refractivity contribution in [1.29, 1.82) is 0 Å². The second-order valence-corrected chi connectivity index (χ2v) is 8.12. The standard InChI is InChI=1S/C24H34N4O/c1-27(2)22-13-11-21(12-14-22)23(28-16-4-3-5-17-28)19-26-24(29)10-6-8-20-9-7-15-25-18-20/h7,9,11-15,18,23H,3-6,8,10,16-17,19H2,1-2H3,(H,26,29). The molecule has 1 aromatic heterocycles. The Morgan fingerprint density at radius 3 is 2.55 bits per heavy atom. The summed E-state index contributed by atoms with van der Waals surface area (Å²) in [7, 11) is 4.12. The van der Waals surface area contributed by atoms with E-state index in [4.69, 9.17) is 0 Å². The summed E-state index contributed by atoms with van der Waals surface area (Å²) < 4.78 is 0. The van der Waals surface area contributed by atoms with Gasteiger partial charge in [0.1, 0.15) is 0 Å². The van der Waals surface area contributed by atoms with Crippen LogP contribution < -0.4 is 10.2 Å². The predicted molar refractivity (Wildman–Crippen MR) is 119 cm³/mol. The maximum atomic E-state index is 12.4. The summed E-state index contributed by atoms with van der Waals surface area (Å²) in [6, 6.07) is 13.0. The number of aryl methyl sites for hydroxylation is 1. The summed E-state index contributed by atoms with van der Waals surface area (Å²) in [5.41, 5.74) is 3.67. The van der Waals surface area contributed by atoms with E-state index in [0.29, 0.717) is 13.0 Å². The number of rotatable bonds is 9. The zero-order valence-electron chi connectivity index (χ0n) is 17.8. The van der Waals surface area contributed by atoms with Gasteiger partial charge in [0.05, 0.1) is 6.04 Å². The molecule has 1 saturated heterocycles. The Morgan fingerprint density at radius 2 is 1.90 bits per heavy atom. The molecule has 0 radical (unpaired) electrons. The van der Waals surface area contributed by atoms with Crippen LogP contribution in [0.4, 0.5) is 5.69 Å². The zero-order chi connectivity index (χ0) is 20.5. The van der Waals surface area contributed by atoms with Crippen LogP contribution in [0.2, 0.25) is 0 Å². The van der Waals surface area contributed by atoms with E-state index in [1.54, 1.807) is 6.20 Å². The van der Waals surface area contributed by atoms with Crippen molar-refractivity contribution in [2.24, 2.45) is 0 Å². The SMILES string of the molecule is CN(C)c1ccc(C(CNC(=O)CCCc2cccnc2)N2CCCCC2)cc1. The first-order chi connectivity index (χ1) is 14.1. The molecule has 1 N–H and O–H groups in total. The highest BCUT2D eigenvalue weighted by Gasteiger charge is 2.23. The van der Waals surface area contributed by atoms with Gasteiger partial charge < -0.3 is 10.2 Å². The molecule has 0 spiro atoms. The molecule has 1 atom stereocenters. The summed E-state index contributed by atoms with van der Waals surface area (Å²) in [5, 5.41) is 3.20. The molecule has 1 amide bonds. The van der Waals surface area contributed by atoms with Gasteiger partial charge in [0.2, 0.25) is 5.91 Å². The van der Waals surface area contributed by atoms with Gasteiger partial charge in [-0.25, -0.2) is 0 Å². The minimum Gasteiger partial charge on any atom is -0.378 e. The Labute approximate surface area is 175 Å². The third-order valence-electron chi connectivity index (χ3n) is 5.71. The molecule has 29 heavy (non-hydrogen) atoms. The lowest BCUT2D eigenvalue weighted by Crippen LogP contribution is -2.40. The minimum absolute atomic E-state index is 0.140. The van der Waals surface area contributed by atoms with Gasteiger partial charge in [0.15, 0.2) is 0 Å². The van der Waals surface area contributed by atoms with Gasteiger partial charge >= 0.3 is 0 Å². The van der Waals surface area contributed by atoms with Crippen molar-refractivity contribution in [2.45, 2.75) is 44.6 Å². The number of hydrogen-bond donors (Lipinski definition) is 1. The number of pyridine rings is 1. The molecule has 0 saturated carbocycles. The minimum atomic E-state index is 0.140. The first kappa shape index (κ1) is 21.3. The molecule has 0 aliphatic carbocycles.